The first kappa shape index (κ1) is 68.9. The number of hydrogen-bond donors (Lipinski definition) is 0. The third-order valence-electron chi connectivity index (χ3n) is 14.5. The van der Waals surface area contributed by atoms with Crippen molar-refractivity contribution in [1.82, 2.24) is 0 Å². The number of allylic oxidation sites excluding steroid dienone is 4. The van der Waals surface area contributed by atoms with Gasteiger partial charge in [0.2, 0.25) is 0 Å². The van der Waals surface area contributed by atoms with Gasteiger partial charge in [-0.05, 0) is 51.4 Å². The van der Waals surface area contributed by atoms with Crippen molar-refractivity contribution >= 4 is 17.9 Å². The molecule has 0 aliphatic heterocycles. The van der Waals surface area contributed by atoms with E-state index in [4.69, 9.17) is 14.2 Å². The van der Waals surface area contributed by atoms with Crippen molar-refractivity contribution in [2.45, 2.75) is 361 Å². The lowest BCUT2D eigenvalue weighted by Crippen LogP contribution is -2.30. The molecule has 0 N–H and O–H groups in total. The fourth-order valence-corrected chi connectivity index (χ4v) is 9.65. The zero-order valence-electron chi connectivity index (χ0n) is 48.0. The van der Waals surface area contributed by atoms with Gasteiger partial charge in [0.25, 0.3) is 0 Å². The van der Waals surface area contributed by atoms with E-state index < -0.39 is 6.10 Å². The van der Waals surface area contributed by atoms with E-state index >= 15 is 0 Å². The second kappa shape index (κ2) is 60.4. The minimum atomic E-state index is -0.774. The highest BCUT2D eigenvalue weighted by atomic mass is 16.6. The molecular weight excluding hydrogens is 877 g/mol. The van der Waals surface area contributed by atoms with Crippen molar-refractivity contribution in [3.8, 4) is 0 Å². The highest BCUT2D eigenvalue weighted by molar-refractivity contribution is 5.71. The molecule has 0 radical (unpaired) electrons. The van der Waals surface area contributed by atoms with E-state index in [1.165, 1.54) is 238 Å². The Hall–Kier alpha value is -2.11. The standard InChI is InChI=1S/C65H122O6/c1-4-7-10-13-16-19-22-25-28-31-32-33-34-35-38-40-43-46-49-52-55-58-64(67)70-61-62(71-65(68)59-56-53-50-47-44-41-37-30-27-24-21-18-15-12-9-6-3)60-69-63(66)57-54-51-48-45-42-39-36-29-26-23-20-17-14-11-8-5-2/h21,24,30,37,62H,4-20,22-23,25-29,31-36,38-61H2,1-3H3/b24-21-,37-30-. The minimum Gasteiger partial charge on any atom is -0.462 e. The fraction of sp³-hybridized carbons (Fsp3) is 0.892. The Bertz CT molecular complexity index is 1150. The van der Waals surface area contributed by atoms with Crippen LogP contribution in [-0.4, -0.2) is 37.2 Å². The van der Waals surface area contributed by atoms with Crippen LogP contribution in [0, 0.1) is 0 Å². The van der Waals surface area contributed by atoms with Crippen molar-refractivity contribution < 1.29 is 28.6 Å². The summed E-state index contributed by atoms with van der Waals surface area (Å²) in [6, 6.07) is 0. The van der Waals surface area contributed by atoms with Gasteiger partial charge in [0.15, 0.2) is 6.10 Å². The lowest BCUT2D eigenvalue weighted by molar-refractivity contribution is -0.167. The summed E-state index contributed by atoms with van der Waals surface area (Å²) >= 11 is 0. The molecule has 0 aliphatic rings. The number of carbonyl (C=O) groups is 3. The first-order chi connectivity index (χ1) is 35.0. The molecule has 71 heavy (non-hydrogen) atoms. The van der Waals surface area contributed by atoms with E-state index in [-0.39, 0.29) is 31.1 Å². The van der Waals surface area contributed by atoms with Crippen LogP contribution in [0.25, 0.3) is 0 Å². The van der Waals surface area contributed by atoms with Crippen LogP contribution < -0.4 is 0 Å². The van der Waals surface area contributed by atoms with Gasteiger partial charge >= 0.3 is 17.9 Å². The molecule has 0 bridgehead atoms. The smallest absolute Gasteiger partial charge is 0.306 e. The van der Waals surface area contributed by atoms with Crippen LogP contribution in [0.5, 0.6) is 0 Å². The molecule has 1 atom stereocenters. The van der Waals surface area contributed by atoms with Crippen molar-refractivity contribution in [3.63, 3.8) is 0 Å². The van der Waals surface area contributed by atoms with Gasteiger partial charge in [-0.3, -0.25) is 14.4 Å². The molecule has 6 heteroatoms. The maximum Gasteiger partial charge on any atom is 0.306 e. The number of esters is 3. The van der Waals surface area contributed by atoms with E-state index in [1.54, 1.807) is 0 Å². The molecule has 6 nitrogen and oxygen atoms in total. The van der Waals surface area contributed by atoms with E-state index in [0.717, 1.165) is 77.0 Å². The van der Waals surface area contributed by atoms with Crippen LogP contribution in [0.15, 0.2) is 24.3 Å². The van der Waals surface area contributed by atoms with Gasteiger partial charge < -0.3 is 14.2 Å². The lowest BCUT2D eigenvalue weighted by atomic mass is 10.0. The molecule has 0 aromatic rings. The molecule has 0 spiro atoms. The molecule has 0 amide bonds. The normalized spacial score (nSPS) is 12.1. The fourth-order valence-electron chi connectivity index (χ4n) is 9.65. The summed E-state index contributed by atoms with van der Waals surface area (Å²) in [5.41, 5.74) is 0. The van der Waals surface area contributed by atoms with Gasteiger partial charge in [0, 0.05) is 19.3 Å². The molecule has 0 aromatic carbocycles. The Kier molecular flexibility index (Phi) is 58.6. The average Bonchev–Trinajstić information content (AvgIpc) is 3.37. The van der Waals surface area contributed by atoms with Crippen LogP contribution in [0.4, 0.5) is 0 Å². The molecule has 0 aliphatic carbocycles. The zero-order valence-corrected chi connectivity index (χ0v) is 48.0. The van der Waals surface area contributed by atoms with E-state index in [2.05, 4.69) is 45.1 Å². The van der Waals surface area contributed by atoms with Crippen molar-refractivity contribution in [2.24, 2.45) is 0 Å². The summed E-state index contributed by atoms with van der Waals surface area (Å²) in [7, 11) is 0. The van der Waals surface area contributed by atoms with Gasteiger partial charge in [0.1, 0.15) is 13.2 Å². The third kappa shape index (κ3) is 58.7. The Labute approximate surface area is 443 Å². The second-order valence-corrected chi connectivity index (χ2v) is 21.7. The molecular formula is C65H122O6. The first-order valence-corrected chi connectivity index (χ1v) is 31.8. The summed E-state index contributed by atoms with van der Waals surface area (Å²) in [6.45, 7) is 6.68. The molecule has 0 saturated heterocycles. The lowest BCUT2D eigenvalue weighted by Gasteiger charge is -2.18. The first-order valence-electron chi connectivity index (χ1n) is 31.8. The molecule has 0 fully saturated rings. The van der Waals surface area contributed by atoms with Gasteiger partial charge in [-0.15, -0.1) is 0 Å². The second-order valence-electron chi connectivity index (χ2n) is 21.7. The predicted octanol–water partition coefficient (Wildman–Crippen LogP) is 21.4. The molecule has 1 unspecified atom stereocenters. The molecule has 0 aromatic heterocycles. The molecule has 0 saturated carbocycles. The Morgan fingerprint density at radius 2 is 0.507 bits per heavy atom. The van der Waals surface area contributed by atoms with Crippen molar-refractivity contribution in [1.29, 1.82) is 0 Å². The van der Waals surface area contributed by atoms with Crippen molar-refractivity contribution in [3.05, 3.63) is 24.3 Å². The average molecular weight is 1000 g/mol. The van der Waals surface area contributed by atoms with Gasteiger partial charge in [0.05, 0.1) is 0 Å². The topological polar surface area (TPSA) is 78.9 Å². The predicted molar refractivity (Wildman–Crippen MR) is 307 cm³/mol. The Balaban J connectivity index is 4.30. The van der Waals surface area contributed by atoms with Crippen molar-refractivity contribution in [2.75, 3.05) is 13.2 Å². The maximum atomic E-state index is 12.9. The largest absolute Gasteiger partial charge is 0.462 e. The van der Waals surface area contributed by atoms with Gasteiger partial charge in [-0.2, -0.15) is 0 Å². The van der Waals surface area contributed by atoms with Crippen LogP contribution in [0.2, 0.25) is 0 Å². The van der Waals surface area contributed by atoms with Crippen LogP contribution in [0.1, 0.15) is 355 Å². The highest BCUT2D eigenvalue weighted by Crippen LogP contribution is 2.18. The maximum absolute atomic E-state index is 12.9. The van der Waals surface area contributed by atoms with Gasteiger partial charge in [-0.25, -0.2) is 0 Å². The Morgan fingerprint density at radius 1 is 0.282 bits per heavy atom. The summed E-state index contributed by atoms with van der Waals surface area (Å²) in [5.74, 6) is -0.857. The minimum absolute atomic E-state index is 0.0710. The zero-order chi connectivity index (χ0) is 51.4. The molecule has 0 heterocycles. The third-order valence-corrected chi connectivity index (χ3v) is 14.5. The number of carbonyl (C=O) groups excluding carboxylic acids is 3. The van der Waals surface area contributed by atoms with Crippen LogP contribution in [0.3, 0.4) is 0 Å². The van der Waals surface area contributed by atoms with Crippen LogP contribution in [-0.2, 0) is 28.6 Å². The summed E-state index contributed by atoms with van der Waals surface area (Å²) < 4.78 is 16.9. The highest BCUT2D eigenvalue weighted by Gasteiger charge is 2.19. The number of rotatable bonds is 59. The van der Waals surface area contributed by atoms with Gasteiger partial charge in [-0.1, -0.05) is 308 Å². The number of hydrogen-bond acceptors (Lipinski definition) is 6. The summed E-state index contributed by atoms with van der Waals surface area (Å²) in [4.78, 5) is 38.3. The van der Waals surface area contributed by atoms with E-state index in [0.29, 0.717) is 19.3 Å². The molecule has 418 valence electrons. The molecule has 0 rings (SSSR count). The number of unbranched alkanes of at least 4 members (excludes halogenated alkanes) is 44. The SMILES string of the molecule is CCCCCC/C=C\C/C=C\CCCCCCCC(=O)OC(COC(=O)CCCCCCCCCCCCCCCCCC)COC(=O)CCCCCCCCCCCCCCCCCCCCCCC. The summed E-state index contributed by atoms with van der Waals surface area (Å²) in [6.07, 6.45) is 71.8. The van der Waals surface area contributed by atoms with E-state index in [1.807, 2.05) is 0 Å². The number of ether oxygens (including phenoxy) is 3. The Morgan fingerprint density at radius 3 is 0.789 bits per heavy atom. The summed E-state index contributed by atoms with van der Waals surface area (Å²) in [5, 5.41) is 0. The quantitative estimate of drug-likeness (QED) is 0.0261. The van der Waals surface area contributed by atoms with E-state index in [9.17, 15) is 14.4 Å². The van der Waals surface area contributed by atoms with Crippen LogP contribution >= 0.6 is 0 Å². The monoisotopic (exact) mass is 999 g/mol.